The van der Waals surface area contributed by atoms with Crippen molar-refractivity contribution in [3.8, 4) is 11.8 Å². The summed E-state index contributed by atoms with van der Waals surface area (Å²) >= 11 is 6.40. The Bertz CT molecular complexity index is 1610. The van der Waals surface area contributed by atoms with Crippen LogP contribution in [0.3, 0.4) is 0 Å². The third-order valence-corrected chi connectivity index (χ3v) is 6.37. The second kappa shape index (κ2) is 9.72. The number of ether oxygens (including phenoxy) is 1. The van der Waals surface area contributed by atoms with Crippen molar-refractivity contribution < 1.29 is 19.1 Å². The summed E-state index contributed by atoms with van der Waals surface area (Å²) < 4.78 is 6.01. The van der Waals surface area contributed by atoms with Crippen LogP contribution in [0, 0.1) is 18.3 Å². The number of nitrogens with one attached hydrogen (secondary N) is 1. The van der Waals surface area contributed by atoms with E-state index in [-0.39, 0.29) is 29.0 Å². The van der Waals surface area contributed by atoms with Gasteiger partial charge in [-0.25, -0.2) is 4.98 Å². The van der Waals surface area contributed by atoms with Crippen LogP contribution in [0.15, 0.2) is 66.7 Å². The molecule has 0 saturated carbocycles. The Morgan fingerprint density at radius 3 is 2.46 bits per heavy atom. The molecule has 182 valence electrons. The van der Waals surface area contributed by atoms with E-state index in [0.717, 1.165) is 16.0 Å². The van der Waals surface area contributed by atoms with Gasteiger partial charge in [0, 0.05) is 21.7 Å². The van der Waals surface area contributed by atoms with Gasteiger partial charge in [-0.3, -0.25) is 19.3 Å². The first kappa shape index (κ1) is 24.0. The number of fused-ring (bicyclic) bond motifs is 2. The summed E-state index contributed by atoms with van der Waals surface area (Å²) in [6.07, 6.45) is 0. The van der Waals surface area contributed by atoms with E-state index in [9.17, 15) is 19.6 Å². The molecule has 5 rings (SSSR count). The Morgan fingerprint density at radius 2 is 1.76 bits per heavy atom. The van der Waals surface area contributed by atoms with E-state index >= 15 is 0 Å². The summed E-state index contributed by atoms with van der Waals surface area (Å²) in [5, 5.41) is 13.7. The fourth-order valence-electron chi connectivity index (χ4n) is 4.20. The predicted molar refractivity (Wildman–Crippen MR) is 137 cm³/mol. The fraction of sp³-hybridized carbons (Fsp3) is 0.107. The zero-order valence-electron chi connectivity index (χ0n) is 19.6. The Morgan fingerprint density at radius 1 is 1.03 bits per heavy atom. The Kier molecular flexibility index (Phi) is 6.30. The molecule has 0 saturated heterocycles. The van der Waals surface area contributed by atoms with Gasteiger partial charge in [-0.05, 0) is 43.3 Å². The van der Waals surface area contributed by atoms with Gasteiger partial charge in [-0.2, -0.15) is 5.26 Å². The lowest BCUT2D eigenvalue weighted by Gasteiger charge is -2.16. The van der Waals surface area contributed by atoms with Gasteiger partial charge in [0.15, 0.2) is 0 Å². The summed E-state index contributed by atoms with van der Waals surface area (Å²) in [7, 11) is 0. The molecule has 0 radical (unpaired) electrons. The van der Waals surface area contributed by atoms with Crippen molar-refractivity contribution in [3.63, 3.8) is 0 Å². The molecule has 3 aromatic carbocycles. The summed E-state index contributed by atoms with van der Waals surface area (Å²) in [6, 6.07) is 20.9. The quantitative estimate of drug-likeness (QED) is 0.370. The largest absolute Gasteiger partial charge is 0.487 e. The minimum Gasteiger partial charge on any atom is -0.487 e. The zero-order chi connectivity index (χ0) is 26.1. The monoisotopic (exact) mass is 510 g/mol. The molecule has 1 aliphatic heterocycles. The van der Waals surface area contributed by atoms with Crippen LogP contribution in [0.4, 0.5) is 5.69 Å². The highest BCUT2D eigenvalue weighted by Crippen LogP contribution is 2.30. The standard InChI is InChI=1S/C28H19ClN4O4/c1-16-9-10-17-5-4-8-24(26(17)31-16)37-15-21-20(13-30)23(12-11-22(21)29)32-25(34)14-33-27(35)18-6-2-3-7-19(18)28(33)36/h2-12H,14-15H2,1H3,(H,32,34). The van der Waals surface area contributed by atoms with Crippen LogP contribution < -0.4 is 10.1 Å². The van der Waals surface area contributed by atoms with E-state index in [1.54, 1.807) is 36.4 Å². The van der Waals surface area contributed by atoms with Crippen molar-refractivity contribution in [1.82, 2.24) is 9.88 Å². The molecule has 1 aromatic heterocycles. The smallest absolute Gasteiger partial charge is 0.262 e. The average molecular weight is 511 g/mol. The molecular weight excluding hydrogens is 492 g/mol. The summed E-state index contributed by atoms with van der Waals surface area (Å²) in [5.74, 6) is -1.18. The highest BCUT2D eigenvalue weighted by atomic mass is 35.5. The maximum Gasteiger partial charge on any atom is 0.262 e. The third kappa shape index (κ3) is 4.48. The number of nitrogens with zero attached hydrogens (tertiary/aromatic N) is 3. The summed E-state index contributed by atoms with van der Waals surface area (Å²) in [4.78, 5) is 43.4. The van der Waals surface area contributed by atoms with Crippen molar-refractivity contribution in [2.45, 2.75) is 13.5 Å². The number of imide groups is 1. The van der Waals surface area contributed by atoms with Crippen LogP contribution in [-0.4, -0.2) is 34.2 Å². The van der Waals surface area contributed by atoms with Crippen molar-refractivity contribution >= 4 is 45.9 Å². The SMILES string of the molecule is Cc1ccc2cccc(OCc3c(Cl)ccc(NC(=O)CN4C(=O)c5ccccc5C4=O)c3C#N)c2n1. The molecule has 0 atom stereocenters. The van der Waals surface area contributed by atoms with E-state index in [1.807, 2.05) is 31.2 Å². The number of hydrogen-bond donors (Lipinski definition) is 1. The molecule has 0 unspecified atom stereocenters. The van der Waals surface area contributed by atoms with Gasteiger partial charge in [0.2, 0.25) is 5.91 Å². The number of carbonyl (C=O) groups is 3. The van der Waals surface area contributed by atoms with Crippen LogP contribution in [0.1, 0.15) is 37.5 Å². The number of aromatic nitrogens is 1. The number of nitriles is 1. The van der Waals surface area contributed by atoms with Crippen molar-refractivity contribution in [3.05, 3.63) is 99.7 Å². The molecule has 9 heteroatoms. The van der Waals surface area contributed by atoms with E-state index in [4.69, 9.17) is 16.3 Å². The van der Waals surface area contributed by atoms with E-state index in [0.29, 0.717) is 21.9 Å². The number of benzene rings is 3. The van der Waals surface area contributed by atoms with Gasteiger partial charge in [0.25, 0.3) is 11.8 Å². The summed E-state index contributed by atoms with van der Waals surface area (Å²) in [5.41, 5.74) is 2.72. The van der Waals surface area contributed by atoms with Crippen LogP contribution in [0.25, 0.3) is 10.9 Å². The number of amides is 3. The third-order valence-electron chi connectivity index (χ3n) is 6.02. The Hall–Kier alpha value is -4.74. The topological polar surface area (TPSA) is 112 Å². The molecule has 3 amide bonds. The second-order valence-electron chi connectivity index (χ2n) is 8.42. The minimum absolute atomic E-state index is 0.0431. The van der Waals surface area contributed by atoms with Crippen LogP contribution >= 0.6 is 11.6 Å². The minimum atomic E-state index is -0.631. The molecule has 0 spiro atoms. The van der Waals surface area contributed by atoms with Crippen LogP contribution in [0.5, 0.6) is 5.75 Å². The number of anilines is 1. The van der Waals surface area contributed by atoms with Gasteiger partial charge >= 0.3 is 0 Å². The molecule has 37 heavy (non-hydrogen) atoms. The molecule has 4 aromatic rings. The number of rotatable bonds is 6. The van der Waals surface area contributed by atoms with Crippen molar-refractivity contribution in [2.75, 3.05) is 11.9 Å². The van der Waals surface area contributed by atoms with E-state index in [2.05, 4.69) is 16.4 Å². The number of carbonyl (C=O) groups excluding carboxylic acids is 3. The van der Waals surface area contributed by atoms with Crippen LogP contribution in [0.2, 0.25) is 5.02 Å². The van der Waals surface area contributed by atoms with Gasteiger partial charge in [0.05, 0.1) is 22.4 Å². The summed E-state index contributed by atoms with van der Waals surface area (Å²) in [6.45, 7) is 1.35. The average Bonchev–Trinajstić information content (AvgIpc) is 3.13. The molecule has 1 N–H and O–H groups in total. The fourth-order valence-corrected chi connectivity index (χ4v) is 4.41. The lowest BCUT2D eigenvalue weighted by atomic mass is 10.1. The van der Waals surface area contributed by atoms with Crippen molar-refractivity contribution in [1.29, 1.82) is 5.26 Å². The first-order chi connectivity index (χ1) is 17.9. The molecule has 1 aliphatic rings. The lowest BCUT2D eigenvalue weighted by molar-refractivity contribution is -0.116. The van der Waals surface area contributed by atoms with Gasteiger partial charge in [0.1, 0.15) is 30.5 Å². The number of hydrogen-bond acceptors (Lipinski definition) is 6. The molecule has 0 fully saturated rings. The normalized spacial score (nSPS) is 12.4. The number of pyridine rings is 1. The van der Waals surface area contributed by atoms with E-state index in [1.165, 1.54) is 6.07 Å². The number of halogens is 1. The van der Waals surface area contributed by atoms with Crippen LogP contribution in [-0.2, 0) is 11.4 Å². The van der Waals surface area contributed by atoms with Gasteiger partial charge in [-0.15, -0.1) is 0 Å². The number of para-hydroxylation sites is 1. The first-order valence-electron chi connectivity index (χ1n) is 11.3. The second-order valence-corrected chi connectivity index (χ2v) is 8.83. The molecule has 2 heterocycles. The van der Waals surface area contributed by atoms with Crippen molar-refractivity contribution in [2.24, 2.45) is 0 Å². The lowest BCUT2D eigenvalue weighted by Crippen LogP contribution is -2.37. The Labute approximate surface area is 217 Å². The first-order valence-corrected chi connectivity index (χ1v) is 11.7. The molecule has 8 nitrogen and oxygen atoms in total. The van der Waals surface area contributed by atoms with Gasteiger partial charge < -0.3 is 10.1 Å². The number of aryl methyl sites for hydroxylation is 1. The molecule has 0 bridgehead atoms. The zero-order valence-corrected chi connectivity index (χ0v) is 20.4. The molecular formula is C28H19ClN4O4. The maximum absolute atomic E-state index is 12.8. The predicted octanol–water partition coefficient (Wildman–Crippen LogP) is 4.88. The highest BCUT2D eigenvalue weighted by molar-refractivity contribution is 6.31. The molecule has 0 aliphatic carbocycles. The van der Waals surface area contributed by atoms with Gasteiger partial charge in [-0.1, -0.05) is 41.9 Å². The maximum atomic E-state index is 12.8. The highest BCUT2D eigenvalue weighted by Gasteiger charge is 2.36. The van der Waals surface area contributed by atoms with E-state index < -0.39 is 24.3 Å². The Balaban J connectivity index is 1.36.